The molecule has 1 unspecified atom stereocenters. The Morgan fingerprint density at radius 1 is 1.29 bits per heavy atom. The zero-order chi connectivity index (χ0) is 19.7. The molecule has 0 radical (unpaired) electrons. The van der Waals surface area contributed by atoms with E-state index in [2.05, 4.69) is 10.6 Å². The Morgan fingerprint density at radius 3 is 2.89 bits per heavy atom. The van der Waals surface area contributed by atoms with Gasteiger partial charge in [-0.15, -0.1) is 0 Å². The lowest BCUT2D eigenvalue weighted by molar-refractivity contribution is 0.0932. The van der Waals surface area contributed by atoms with Gasteiger partial charge in [-0.2, -0.15) is 0 Å². The molecule has 2 aliphatic rings. The van der Waals surface area contributed by atoms with Crippen molar-refractivity contribution in [3.63, 3.8) is 0 Å². The molecule has 7 nitrogen and oxygen atoms in total. The van der Waals surface area contributed by atoms with Gasteiger partial charge in [0.2, 0.25) is 0 Å². The molecule has 2 aromatic carbocycles. The second-order valence-electron chi connectivity index (χ2n) is 7.15. The number of carbonyl (C=O) groups is 2. The van der Waals surface area contributed by atoms with Gasteiger partial charge in [0.15, 0.2) is 0 Å². The highest BCUT2D eigenvalue weighted by Gasteiger charge is 2.26. The van der Waals surface area contributed by atoms with Crippen LogP contribution in [0.25, 0.3) is 0 Å². The summed E-state index contributed by atoms with van der Waals surface area (Å²) >= 11 is 0. The SMILES string of the molecule is COc1ccc(C(=O)NC2CCCc3cc(N)ccc32)cc1N1CCNC1=O. The molecule has 0 spiro atoms. The van der Waals surface area contributed by atoms with Crippen molar-refractivity contribution in [1.29, 1.82) is 0 Å². The Bertz CT molecular complexity index is 928. The molecular weight excluding hydrogens is 356 g/mol. The van der Waals surface area contributed by atoms with Crippen LogP contribution in [0.2, 0.25) is 0 Å². The second kappa shape index (κ2) is 7.42. The first-order valence-electron chi connectivity index (χ1n) is 9.49. The summed E-state index contributed by atoms with van der Waals surface area (Å²) in [7, 11) is 1.55. The number of benzene rings is 2. The van der Waals surface area contributed by atoms with Crippen LogP contribution in [0.15, 0.2) is 36.4 Å². The average Bonchev–Trinajstić information content (AvgIpc) is 3.13. The van der Waals surface area contributed by atoms with E-state index < -0.39 is 0 Å². The molecule has 1 atom stereocenters. The molecule has 0 saturated carbocycles. The number of hydrogen-bond acceptors (Lipinski definition) is 4. The third-order valence-electron chi connectivity index (χ3n) is 5.38. The zero-order valence-electron chi connectivity index (χ0n) is 15.8. The van der Waals surface area contributed by atoms with Crippen molar-refractivity contribution >= 4 is 23.3 Å². The smallest absolute Gasteiger partial charge is 0.322 e. The van der Waals surface area contributed by atoms with Gasteiger partial charge in [0.25, 0.3) is 5.91 Å². The molecule has 3 amide bonds. The van der Waals surface area contributed by atoms with E-state index >= 15 is 0 Å². The fraction of sp³-hybridized carbons (Fsp3) is 0.333. The standard InChI is InChI=1S/C21H24N4O3/c1-28-19-8-5-14(12-18(19)25-10-9-23-21(25)27)20(26)24-17-4-2-3-13-11-15(22)6-7-16(13)17/h5-8,11-12,17H,2-4,9-10,22H2,1H3,(H,23,27)(H,24,26). The van der Waals surface area contributed by atoms with Gasteiger partial charge in [-0.3, -0.25) is 9.69 Å². The number of anilines is 2. The summed E-state index contributed by atoms with van der Waals surface area (Å²) in [6, 6.07) is 10.8. The maximum absolute atomic E-state index is 12.9. The summed E-state index contributed by atoms with van der Waals surface area (Å²) in [5.41, 5.74) is 10.1. The number of nitrogens with two attached hydrogens (primary N) is 1. The normalized spacial score (nSPS) is 18.4. The Hall–Kier alpha value is -3.22. The number of amides is 3. The lowest BCUT2D eigenvalue weighted by Gasteiger charge is -2.27. The van der Waals surface area contributed by atoms with Crippen LogP contribution in [0, 0.1) is 0 Å². The Balaban J connectivity index is 1.58. The molecule has 1 heterocycles. The Morgan fingerprint density at radius 2 is 2.14 bits per heavy atom. The molecule has 4 rings (SSSR count). The molecule has 2 aromatic rings. The van der Waals surface area contributed by atoms with Gasteiger partial charge in [0.1, 0.15) is 5.75 Å². The number of aryl methyl sites for hydroxylation is 1. The minimum Gasteiger partial charge on any atom is -0.495 e. The van der Waals surface area contributed by atoms with E-state index in [4.69, 9.17) is 10.5 Å². The van der Waals surface area contributed by atoms with Crippen molar-refractivity contribution in [3.8, 4) is 5.75 Å². The molecule has 0 bridgehead atoms. The van der Waals surface area contributed by atoms with Gasteiger partial charge in [0, 0.05) is 24.3 Å². The molecular formula is C21H24N4O3. The van der Waals surface area contributed by atoms with E-state index in [-0.39, 0.29) is 18.0 Å². The molecule has 1 aliphatic carbocycles. The van der Waals surface area contributed by atoms with Gasteiger partial charge in [-0.05, 0) is 60.7 Å². The minimum absolute atomic E-state index is 0.0440. The van der Waals surface area contributed by atoms with Crippen molar-refractivity contribution < 1.29 is 14.3 Å². The number of nitrogens with zero attached hydrogens (tertiary/aromatic N) is 1. The fourth-order valence-corrected chi connectivity index (χ4v) is 3.97. The number of nitrogens with one attached hydrogen (secondary N) is 2. The molecule has 0 aromatic heterocycles. The molecule has 1 aliphatic heterocycles. The molecule has 7 heteroatoms. The van der Waals surface area contributed by atoms with Crippen LogP contribution in [-0.2, 0) is 6.42 Å². The monoisotopic (exact) mass is 380 g/mol. The summed E-state index contributed by atoms with van der Waals surface area (Å²) in [5, 5.41) is 5.91. The zero-order valence-corrected chi connectivity index (χ0v) is 15.8. The van der Waals surface area contributed by atoms with E-state index in [1.165, 1.54) is 5.56 Å². The first kappa shape index (κ1) is 18.2. The van der Waals surface area contributed by atoms with Crippen molar-refractivity contribution in [3.05, 3.63) is 53.1 Å². The topological polar surface area (TPSA) is 96.7 Å². The number of ether oxygens (including phenoxy) is 1. The van der Waals surface area contributed by atoms with Crippen molar-refractivity contribution in [1.82, 2.24) is 10.6 Å². The van der Waals surface area contributed by atoms with Crippen LogP contribution >= 0.6 is 0 Å². The van der Waals surface area contributed by atoms with E-state index in [0.717, 1.165) is 30.5 Å². The van der Waals surface area contributed by atoms with Gasteiger partial charge >= 0.3 is 6.03 Å². The molecule has 1 saturated heterocycles. The predicted octanol–water partition coefficient (Wildman–Crippen LogP) is 2.61. The van der Waals surface area contributed by atoms with Crippen LogP contribution < -0.4 is 26.0 Å². The van der Waals surface area contributed by atoms with E-state index in [9.17, 15) is 9.59 Å². The van der Waals surface area contributed by atoms with Crippen LogP contribution in [-0.4, -0.2) is 32.1 Å². The van der Waals surface area contributed by atoms with Crippen LogP contribution in [0.4, 0.5) is 16.2 Å². The van der Waals surface area contributed by atoms with Gasteiger partial charge < -0.3 is 21.1 Å². The lowest BCUT2D eigenvalue weighted by Crippen LogP contribution is -2.32. The number of urea groups is 1. The molecule has 1 fully saturated rings. The maximum atomic E-state index is 12.9. The Labute approximate surface area is 163 Å². The van der Waals surface area contributed by atoms with Crippen molar-refractivity contribution in [2.45, 2.75) is 25.3 Å². The van der Waals surface area contributed by atoms with Crippen molar-refractivity contribution in [2.24, 2.45) is 0 Å². The Kier molecular flexibility index (Phi) is 4.81. The molecule has 4 N–H and O–H groups in total. The number of hydrogen-bond donors (Lipinski definition) is 3. The third kappa shape index (κ3) is 3.35. The third-order valence-corrected chi connectivity index (χ3v) is 5.38. The summed E-state index contributed by atoms with van der Waals surface area (Å²) in [6.07, 6.45) is 2.87. The highest BCUT2D eigenvalue weighted by Crippen LogP contribution is 2.33. The van der Waals surface area contributed by atoms with Crippen molar-refractivity contribution in [2.75, 3.05) is 30.8 Å². The summed E-state index contributed by atoms with van der Waals surface area (Å²) in [5.74, 6) is 0.394. The number of fused-ring (bicyclic) bond motifs is 1. The largest absolute Gasteiger partial charge is 0.495 e. The second-order valence-corrected chi connectivity index (χ2v) is 7.15. The summed E-state index contributed by atoms with van der Waals surface area (Å²) in [6.45, 7) is 1.11. The van der Waals surface area contributed by atoms with Gasteiger partial charge in [0.05, 0.1) is 18.8 Å². The van der Waals surface area contributed by atoms with Crippen LogP contribution in [0.5, 0.6) is 5.75 Å². The summed E-state index contributed by atoms with van der Waals surface area (Å²) < 4.78 is 5.38. The van der Waals surface area contributed by atoms with Crippen LogP contribution in [0.3, 0.4) is 0 Å². The first-order valence-corrected chi connectivity index (χ1v) is 9.49. The molecule has 146 valence electrons. The first-order chi connectivity index (χ1) is 13.6. The van der Waals surface area contributed by atoms with Gasteiger partial charge in [-0.1, -0.05) is 6.07 Å². The number of nitrogen functional groups attached to an aromatic ring is 1. The predicted molar refractivity (Wildman–Crippen MR) is 108 cm³/mol. The van der Waals surface area contributed by atoms with Crippen LogP contribution in [0.1, 0.15) is 40.4 Å². The highest BCUT2D eigenvalue weighted by molar-refractivity contribution is 6.00. The summed E-state index contributed by atoms with van der Waals surface area (Å²) in [4.78, 5) is 26.6. The lowest BCUT2D eigenvalue weighted by atomic mass is 9.87. The van der Waals surface area contributed by atoms with E-state index in [0.29, 0.717) is 30.1 Å². The fourth-order valence-electron chi connectivity index (χ4n) is 3.97. The maximum Gasteiger partial charge on any atom is 0.322 e. The van der Waals surface area contributed by atoms with E-state index in [1.54, 1.807) is 30.2 Å². The van der Waals surface area contributed by atoms with E-state index in [1.807, 2.05) is 18.2 Å². The number of carbonyl (C=O) groups excluding carboxylic acids is 2. The highest BCUT2D eigenvalue weighted by atomic mass is 16.5. The number of methoxy groups -OCH3 is 1. The quantitative estimate of drug-likeness (QED) is 0.711. The minimum atomic E-state index is -0.186. The average molecular weight is 380 g/mol. The van der Waals surface area contributed by atoms with Gasteiger partial charge in [-0.25, -0.2) is 4.79 Å². The number of rotatable bonds is 4. The molecule has 28 heavy (non-hydrogen) atoms.